The van der Waals surface area contributed by atoms with Gasteiger partial charge >= 0.3 is 0 Å². The van der Waals surface area contributed by atoms with Crippen molar-refractivity contribution < 1.29 is 4.74 Å². The Bertz CT molecular complexity index is 546. The Balaban J connectivity index is 1.90. The summed E-state index contributed by atoms with van der Waals surface area (Å²) in [5.41, 5.74) is 1.23. The van der Waals surface area contributed by atoms with Gasteiger partial charge in [-0.05, 0) is 24.5 Å². The summed E-state index contributed by atoms with van der Waals surface area (Å²) in [5, 5.41) is 0. The molecule has 2 aromatic heterocycles. The van der Waals surface area contributed by atoms with Gasteiger partial charge in [-0.1, -0.05) is 6.07 Å². The normalized spacial score (nSPS) is 18.6. The third kappa shape index (κ3) is 2.36. The zero-order valence-electron chi connectivity index (χ0n) is 10.9. The molecule has 2 aromatic rings. The second-order valence-electron chi connectivity index (χ2n) is 4.56. The van der Waals surface area contributed by atoms with E-state index < -0.39 is 0 Å². The average Bonchev–Trinajstić information content (AvgIpc) is 2.98. The molecule has 0 bridgehead atoms. The van der Waals surface area contributed by atoms with Crippen molar-refractivity contribution in [1.29, 1.82) is 0 Å². The van der Waals surface area contributed by atoms with Gasteiger partial charge in [0.25, 0.3) is 0 Å². The largest absolute Gasteiger partial charge is 0.481 e. The lowest BCUT2D eigenvalue weighted by Crippen LogP contribution is -2.23. The van der Waals surface area contributed by atoms with Crippen molar-refractivity contribution in [3.8, 4) is 5.88 Å². The maximum absolute atomic E-state index is 5.17. The highest BCUT2D eigenvalue weighted by Gasteiger charge is 2.27. The van der Waals surface area contributed by atoms with Crippen molar-refractivity contribution in [3.63, 3.8) is 0 Å². The second kappa shape index (κ2) is 5.22. The molecule has 1 unspecified atom stereocenters. The summed E-state index contributed by atoms with van der Waals surface area (Å²) >= 11 is 0. The molecule has 5 heteroatoms. The van der Waals surface area contributed by atoms with Gasteiger partial charge in [-0.25, -0.2) is 9.97 Å². The third-order valence-electron chi connectivity index (χ3n) is 3.45. The summed E-state index contributed by atoms with van der Waals surface area (Å²) < 4.78 is 5.17. The molecule has 98 valence electrons. The molecule has 5 nitrogen and oxygen atoms in total. The zero-order valence-corrected chi connectivity index (χ0v) is 10.9. The molecule has 0 aromatic carbocycles. The van der Waals surface area contributed by atoms with Crippen LogP contribution in [0.5, 0.6) is 5.88 Å². The summed E-state index contributed by atoms with van der Waals surface area (Å²) in [6.45, 7) is 1.000. The van der Waals surface area contributed by atoms with Crippen LogP contribution in [0.4, 0.5) is 5.82 Å². The molecule has 1 aliphatic rings. The Morgan fingerprint density at radius 3 is 3.11 bits per heavy atom. The van der Waals surface area contributed by atoms with E-state index in [0.29, 0.717) is 11.9 Å². The molecule has 1 saturated heterocycles. The van der Waals surface area contributed by atoms with E-state index >= 15 is 0 Å². The number of anilines is 1. The van der Waals surface area contributed by atoms with Crippen LogP contribution in [0.15, 0.2) is 36.9 Å². The molecule has 3 rings (SSSR count). The lowest BCUT2D eigenvalue weighted by molar-refractivity contribution is 0.396. The van der Waals surface area contributed by atoms with Crippen molar-refractivity contribution >= 4 is 5.82 Å². The van der Waals surface area contributed by atoms with Crippen LogP contribution in [0.3, 0.4) is 0 Å². The molecule has 0 N–H and O–H groups in total. The van der Waals surface area contributed by atoms with Crippen LogP contribution in [-0.4, -0.2) is 28.6 Å². The van der Waals surface area contributed by atoms with Crippen molar-refractivity contribution in [3.05, 3.63) is 42.5 Å². The summed E-state index contributed by atoms with van der Waals surface area (Å²) in [4.78, 5) is 14.9. The van der Waals surface area contributed by atoms with Gasteiger partial charge in [-0.3, -0.25) is 4.98 Å². The molecule has 0 saturated carbocycles. The highest BCUT2D eigenvalue weighted by atomic mass is 16.5. The lowest BCUT2D eigenvalue weighted by atomic mass is 10.1. The van der Waals surface area contributed by atoms with Crippen LogP contribution in [-0.2, 0) is 0 Å². The first-order valence-corrected chi connectivity index (χ1v) is 6.41. The van der Waals surface area contributed by atoms with Gasteiger partial charge in [0.1, 0.15) is 12.1 Å². The highest BCUT2D eigenvalue weighted by Crippen LogP contribution is 2.35. The summed E-state index contributed by atoms with van der Waals surface area (Å²) in [6, 6.07) is 6.32. The minimum atomic E-state index is 0.341. The van der Waals surface area contributed by atoms with Crippen LogP contribution < -0.4 is 9.64 Å². The van der Waals surface area contributed by atoms with Gasteiger partial charge in [-0.15, -0.1) is 0 Å². The van der Waals surface area contributed by atoms with Crippen molar-refractivity contribution in [2.75, 3.05) is 18.6 Å². The fourth-order valence-electron chi connectivity index (χ4n) is 2.56. The molecule has 1 atom stereocenters. The van der Waals surface area contributed by atoms with Gasteiger partial charge in [0.05, 0.1) is 13.2 Å². The maximum Gasteiger partial charge on any atom is 0.218 e. The van der Waals surface area contributed by atoms with Crippen LogP contribution in [0.25, 0.3) is 0 Å². The van der Waals surface area contributed by atoms with E-state index in [2.05, 4.69) is 25.9 Å². The number of rotatable bonds is 3. The molecule has 1 fully saturated rings. The molecular formula is C14H16N4O. The van der Waals surface area contributed by atoms with E-state index in [1.165, 1.54) is 5.56 Å². The Kier molecular flexibility index (Phi) is 3.27. The van der Waals surface area contributed by atoms with E-state index in [1.54, 1.807) is 19.6 Å². The number of hydrogen-bond acceptors (Lipinski definition) is 5. The van der Waals surface area contributed by atoms with E-state index in [4.69, 9.17) is 4.74 Å². The Labute approximate surface area is 112 Å². The highest BCUT2D eigenvalue weighted by molar-refractivity contribution is 5.45. The van der Waals surface area contributed by atoms with E-state index in [-0.39, 0.29) is 0 Å². The smallest absolute Gasteiger partial charge is 0.218 e. The predicted octanol–water partition coefficient (Wildman–Crippen LogP) is 2.22. The molecule has 19 heavy (non-hydrogen) atoms. The van der Waals surface area contributed by atoms with Crippen LogP contribution in [0.2, 0.25) is 0 Å². The molecule has 0 amide bonds. The van der Waals surface area contributed by atoms with Gasteiger partial charge < -0.3 is 9.64 Å². The Morgan fingerprint density at radius 1 is 1.37 bits per heavy atom. The number of methoxy groups -OCH3 is 1. The van der Waals surface area contributed by atoms with Crippen LogP contribution in [0, 0.1) is 0 Å². The third-order valence-corrected chi connectivity index (χ3v) is 3.45. The van der Waals surface area contributed by atoms with E-state index in [9.17, 15) is 0 Å². The zero-order chi connectivity index (χ0) is 13.1. The van der Waals surface area contributed by atoms with Gasteiger partial charge in [0.15, 0.2) is 0 Å². The van der Waals surface area contributed by atoms with Crippen molar-refractivity contribution in [2.24, 2.45) is 0 Å². The number of hydrogen-bond donors (Lipinski definition) is 0. The first-order chi connectivity index (χ1) is 9.38. The van der Waals surface area contributed by atoms with Crippen LogP contribution >= 0.6 is 0 Å². The van der Waals surface area contributed by atoms with Gasteiger partial charge in [-0.2, -0.15) is 0 Å². The number of nitrogens with zero attached hydrogens (tertiary/aromatic N) is 4. The molecule has 0 radical (unpaired) electrons. The maximum atomic E-state index is 5.17. The first-order valence-electron chi connectivity index (χ1n) is 6.41. The Hall–Kier alpha value is -2.17. The molecule has 0 aliphatic carbocycles. The van der Waals surface area contributed by atoms with E-state index in [0.717, 1.165) is 25.2 Å². The van der Waals surface area contributed by atoms with Gasteiger partial charge in [0, 0.05) is 25.0 Å². The standard InChI is InChI=1S/C14H16N4O/c1-19-14-8-13(16-10-17-14)18-7-3-5-12(18)11-4-2-6-15-9-11/h2,4,6,8-10,12H,3,5,7H2,1H3. The fraction of sp³-hybridized carbons (Fsp3) is 0.357. The minimum Gasteiger partial charge on any atom is -0.481 e. The molecular weight excluding hydrogens is 240 g/mol. The monoisotopic (exact) mass is 256 g/mol. The summed E-state index contributed by atoms with van der Waals surface area (Å²) in [7, 11) is 1.62. The summed E-state index contributed by atoms with van der Waals surface area (Å²) in [6.07, 6.45) is 7.56. The van der Waals surface area contributed by atoms with Crippen molar-refractivity contribution in [2.45, 2.75) is 18.9 Å². The second-order valence-corrected chi connectivity index (χ2v) is 4.56. The average molecular weight is 256 g/mol. The number of pyridine rings is 1. The van der Waals surface area contributed by atoms with Gasteiger partial charge in [0.2, 0.25) is 5.88 Å². The minimum absolute atomic E-state index is 0.341. The number of ether oxygens (including phenoxy) is 1. The lowest BCUT2D eigenvalue weighted by Gasteiger charge is -2.25. The molecule has 1 aliphatic heterocycles. The van der Waals surface area contributed by atoms with Crippen LogP contribution in [0.1, 0.15) is 24.4 Å². The fourth-order valence-corrected chi connectivity index (χ4v) is 2.56. The first kappa shape index (κ1) is 11.9. The van der Waals surface area contributed by atoms with E-state index in [1.807, 2.05) is 18.3 Å². The Morgan fingerprint density at radius 2 is 2.32 bits per heavy atom. The predicted molar refractivity (Wildman–Crippen MR) is 72.1 cm³/mol. The molecule has 3 heterocycles. The molecule has 0 spiro atoms. The SMILES string of the molecule is COc1cc(N2CCCC2c2cccnc2)ncn1. The quantitative estimate of drug-likeness (QED) is 0.842. The summed E-state index contributed by atoms with van der Waals surface area (Å²) in [5.74, 6) is 1.51. The topological polar surface area (TPSA) is 51.1 Å². The number of aromatic nitrogens is 3. The van der Waals surface area contributed by atoms with Crippen molar-refractivity contribution in [1.82, 2.24) is 15.0 Å².